The van der Waals surface area contributed by atoms with Gasteiger partial charge in [0.15, 0.2) is 23.1 Å². The molecule has 0 amide bonds. The van der Waals surface area contributed by atoms with Crippen LogP contribution >= 0.6 is 24.1 Å². The first-order valence-corrected chi connectivity index (χ1v) is 8.46. The van der Waals surface area contributed by atoms with Crippen molar-refractivity contribution in [3.63, 3.8) is 0 Å². The van der Waals surface area contributed by atoms with Crippen molar-refractivity contribution in [2.24, 2.45) is 5.73 Å². The van der Waals surface area contributed by atoms with Crippen LogP contribution in [0.4, 0.5) is 10.2 Å². The molecule has 4 rings (SSSR count). The van der Waals surface area contributed by atoms with Crippen LogP contribution in [0.3, 0.4) is 0 Å². The number of pyridine rings is 2. The SMILES string of the molecule is Cl.NC1CCN(c2nc3c(cc2F)c(=O)c(C(=O)O)cn3-c2cnsn2)C1. The van der Waals surface area contributed by atoms with E-state index in [9.17, 15) is 19.1 Å². The summed E-state index contributed by atoms with van der Waals surface area (Å²) in [7, 11) is 0. The normalized spacial score (nSPS) is 16.5. The zero-order valence-corrected chi connectivity index (χ0v) is 15.3. The van der Waals surface area contributed by atoms with Crippen molar-refractivity contribution in [2.45, 2.75) is 12.5 Å². The van der Waals surface area contributed by atoms with Crippen LogP contribution in [0.1, 0.15) is 16.8 Å². The average Bonchev–Trinajstić information content (AvgIpc) is 3.26. The third kappa shape index (κ3) is 3.24. The summed E-state index contributed by atoms with van der Waals surface area (Å²) in [5.74, 6) is -1.74. The van der Waals surface area contributed by atoms with E-state index in [0.717, 1.165) is 24.0 Å². The second-order valence-corrected chi connectivity index (χ2v) is 6.53. The summed E-state index contributed by atoms with van der Waals surface area (Å²) < 4.78 is 23.9. The van der Waals surface area contributed by atoms with Crippen LogP contribution in [0.15, 0.2) is 23.3 Å². The number of rotatable bonds is 3. The highest BCUT2D eigenvalue weighted by molar-refractivity contribution is 6.99. The van der Waals surface area contributed by atoms with Crippen LogP contribution in [0.25, 0.3) is 16.9 Å². The van der Waals surface area contributed by atoms with E-state index < -0.39 is 22.8 Å². The van der Waals surface area contributed by atoms with Crippen molar-refractivity contribution in [3.8, 4) is 5.82 Å². The van der Waals surface area contributed by atoms with Gasteiger partial charge in [-0.25, -0.2) is 14.2 Å². The highest BCUT2D eigenvalue weighted by Crippen LogP contribution is 2.25. The molecular weight excluding hydrogens is 399 g/mol. The molecule has 0 radical (unpaired) electrons. The Hall–Kier alpha value is -2.63. The van der Waals surface area contributed by atoms with Gasteiger partial charge in [0.05, 0.1) is 23.3 Å². The van der Waals surface area contributed by atoms with Crippen LogP contribution in [0.5, 0.6) is 0 Å². The maximum absolute atomic E-state index is 14.6. The predicted molar refractivity (Wildman–Crippen MR) is 99.8 cm³/mol. The highest BCUT2D eigenvalue weighted by Gasteiger charge is 2.25. The summed E-state index contributed by atoms with van der Waals surface area (Å²) >= 11 is 0.919. The lowest BCUT2D eigenvalue weighted by atomic mass is 10.2. The van der Waals surface area contributed by atoms with Gasteiger partial charge in [-0.3, -0.25) is 9.36 Å². The Kier molecular flexibility index (Phi) is 5.09. The number of carboxylic acids is 1. The number of hydrogen-bond donors (Lipinski definition) is 2. The third-order valence-electron chi connectivity index (χ3n) is 4.26. The van der Waals surface area contributed by atoms with Crippen molar-refractivity contribution in [3.05, 3.63) is 40.1 Å². The number of nitrogens with two attached hydrogens (primary N) is 1. The first-order chi connectivity index (χ1) is 12.5. The lowest BCUT2D eigenvalue weighted by Crippen LogP contribution is -2.28. The van der Waals surface area contributed by atoms with E-state index in [1.54, 1.807) is 4.90 Å². The molecular formula is C15H14ClFN6O3S. The third-order valence-corrected chi connectivity index (χ3v) is 4.73. The molecule has 3 N–H and O–H groups in total. The number of carbonyl (C=O) groups is 1. The molecule has 142 valence electrons. The summed E-state index contributed by atoms with van der Waals surface area (Å²) in [4.78, 5) is 29.9. The monoisotopic (exact) mass is 412 g/mol. The summed E-state index contributed by atoms with van der Waals surface area (Å²) in [5.41, 5.74) is 4.70. The standard InChI is InChI=1S/C15H13FN6O3S.ClH/c16-10-3-8-12(23)9(15(24)25)6-22(11-4-18-26-20-11)13(8)19-14(10)21-2-1-7(17)5-21;/h3-4,6-7H,1-2,5,17H2,(H,24,25);1H. The van der Waals surface area contributed by atoms with Gasteiger partial charge in [0.1, 0.15) is 5.56 Å². The fraction of sp³-hybridized carbons (Fsp3) is 0.267. The van der Waals surface area contributed by atoms with Crippen molar-refractivity contribution < 1.29 is 14.3 Å². The highest BCUT2D eigenvalue weighted by atomic mass is 35.5. The number of aromatic nitrogens is 4. The zero-order chi connectivity index (χ0) is 18.4. The maximum atomic E-state index is 14.6. The number of carboxylic acid groups (broad SMARTS) is 1. The number of halogens is 2. The Balaban J connectivity index is 0.00000210. The minimum Gasteiger partial charge on any atom is -0.477 e. The summed E-state index contributed by atoms with van der Waals surface area (Å²) in [6.07, 6.45) is 3.25. The molecule has 1 aliphatic rings. The van der Waals surface area contributed by atoms with E-state index in [2.05, 4.69) is 13.7 Å². The van der Waals surface area contributed by atoms with Crippen molar-refractivity contribution >= 4 is 47.0 Å². The number of aromatic carboxylic acids is 1. The average molecular weight is 413 g/mol. The molecule has 1 fully saturated rings. The molecule has 1 saturated heterocycles. The Morgan fingerprint density at radius 1 is 1.44 bits per heavy atom. The molecule has 3 aromatic rings. The lowest BCUT2D eigenvalue weighted by molar-refractivity contribution is 0.0695. The molecule has 9 nitrogen and oxygen atoms in total. The van der Waals surface area contributed by atoms with Gasteiger partial charge in [0.25, 0.3) is 0 Å². The van der Waals surface area contributed by atoms with E-state index in [1.807, 2.05) is 0 Å². The predicted octanol–water partition coefficient (Wildman–Crippen LogP) is 1.03. The van der Waals surface area contributed by atoms with E-state index in [-0.39, 0.29) is 35.3 Å². The zero-order valence-electron chi connectivity index (χ0n) is 13.7. The molecule has 1 aliphatic heterocycles. The van der Waals surface area contributed by atoms with Gasteiger partial charge in [-0.05, 0) is 12.5 Å². The summed E-state index contributed by atoms with van der Waals surface area (Å²) in [6, 6.07) is 0.943. The van der Waals surface area contributed by atoms with E-state index in [0.29, 0.717) is 25.3 Å². The molecule has 27 heavy (non-hydrogen) atoms. The Morgan fingerprint density at radius 2 is 2.22 bits per heavy atom. The molecule has 0 bridgehead atoms. The minimum absolute atomic E-state index is 0. The number of hydrogen-bond acceptors (Lipinski definition) is 8. The fourth-order valence-electron chi connectivity index (χ4n) is 3.01. The summed E-state index contributed by atoms with van der Waals surface area (Å²) in [6.45, 7) is 0.997. The van der Waals surface area contributed by atoms with Crippen LogP contribution in [-0.4, -0.2) is 48.5 Å². The van der Waals surface area contributed by atoms with Crippen molar-refractivity contribution in [1.29, 1.82) is 0 Å². The van der Waals surface area contributed by atoms with Gasteiger partial charge in [0.2, 0.25) is 5.43 Å². The minimum atomic E-state index is -1.41. The molecule has 1 unspecified atom stereocenters. The van der Waals surface area contributed by atoms with Crippen LogP contribution in [0, 0.1) is 5.82 Å². The molecule has 3 aromatic heterocycles. The Labute approximate surface area is 162 Å². The van der Waals surface area contributed by atoms with E-state index >= 15 is 0 Å². The van der Waals surface area contributed by atoms with Gasteiger partial charge in [0, 0.05) is 25.3 Å². The Morgan fingerprint density at radius 3 is 2.81 bits per heavy atom. The second-order valence-electron chi connectivity index (χ2n) is 5.97. The first-order valence-electron chi connectivity index (χ1n) is 7.73. The Bertz CT molecular complexity index is 1070. The first kappa shape index (κ1) is 19.1. The van der Waals surface area contributed by atoms with E-state index in [4.69, 9.17) is 5.73 Å². The van der Waals surface area contributed by atoms with Crippen LogP contribution in [0.2, 0.25) is 0 Å². The number of fused-ring (bicyclic) bond motifs is 1. The largest absolute Gasteiger partial charge is 0.477 e. The van der Waals surface area contributed by atoms with Crippen LogP contribution in [-0.2, 0) is 0 Å². The molecule has 0 spiro atoms. The smallest absolute Gasteiger partial charge is 0.341 e. The molecule has 1 atom stereocenters. The van der Waals surface area contributed by atoms with Crippen molar-refractivity contribution in [2.75, 3.05) is 18.0 Å². The number of nitrogens with zero attached hydrogens (tertiary/aromatic N) is 5. The number of anilines is 1. The summed E-state index contributed by atoms with van der Waals surface area (Å²) in [5, 5.41) is 9.15. The maximum Gasteiger partial charge on any atom is 0.341 e. The van der Waals surface area contributed by atoms with Crippen molar-refractivity contribution in [1.82, 2.24) is 18.3 Å². The molecule has 0 aromatic carbocycles. The van der Waals surface area contributed by atoms with Gasteiger partial charge < -0.3 is 15.7 Å². The second kappa shape index (κ2) is 7.18. The molecule has 12 heteroatoms. The quantitative estimate of drug-likeness (QED) is 0.653. The van der Waals surface area contributed by atoms with Gasteiger partial charge in [-0.1, -0.05) is 0 Å². The van der Waals surface area contributed by atoms with Gasteiger partial charge >= 0.3 is 5.97 Å². The van der Waals surface area contributed by atoms with Gasteiger partial charge in [-0.2, -0.15) is 8.75 Å². The lowest BCUT2D eigenvalue weighted by Gasteiger charge is -2.19. The fourth-order valence-corrected chi connectivity index (χ4v) is 3.42. The molecule has 4 heterocycles. The molecule has 0 aliphatic carbocycles. The van der Waals surface area contributed by atoms with Crippen LogP contribution < -0.4 is 16.1 Å². The van der Waals surface area contributed by atoms with Gasteiger partial charge in [-0.15, -0.1) is 12.4 Å². The molecule has 0 saturated carbocycles. The topological polar surface area (TPSA) is 127 Å². The van der Waals surface area contributed by atoms with E-state index in [1.165, 1.54) is 10.8 Å².